The fraction of sp³-hybridized carbons (Fsp3) is 0.562. The minimum absolute atomic E-state index is 0. The van der Waals surface area contributed by atoms with Crippen LogP contribution in [0.3, 0.4) is 0 Å². The van der Waals surface area contributed by atoms with Gasteiger partial charge in [-0.1, -0.05) is 13.0 Å². The summed E-state index contributed by atoms with van der Waals surface area (Å²) in [4.78, 5) is 15.6. The summed E-state index contributed by atoms with van der Waals surface area (Å²) in [6.07, 6.45) is 2.07. The molecule has 22 heavy (non-hydrogen) atoms. The molecule has 0 spiro atoms. The number of thioether (sulfide) groups is 1. The summed E-state index contributed by atoms with van der Waals surface area (Å²) in [6, 6.07) is 8.22. The summed E-state index contributed by atoms with van der Waals surface area (Å²) >= 11 is 1.58. The van der Waals surface area contributed by atoms with Crippen molar-refractivity contribution in [3.8, 4) is 5.75 Å². The van der Waals surface area contributed by atoms with Crippen LogP contribution in [-0.4, -0.2) is 49.3 Å². The summed E-state index contributed by atoms with van der Waals surface area (Å²) in [5, 5.41) is 3.34. The Hall–Kier alpha value is -0.910. The van der Waals surface area contributed by atoms with Gasteiger partial charge in [-0.15, -0.1) is 24.2 Å². The number of methoxy groups -OCH3 is 1. The molecule has 2 rings (SSSR count). The summed E-state index contributed by atoms with van der Waals surface area (Å²) in [5.41, 5.74) is 0. The van der Waals surface area contributed by atoms with Gasteiger partial charge in [-0.3, -0.25) is 4.79 Å². The molecule has 0 bridgehead atoms. The van der Waals surface area contributed by atoms with E-state index in [1.54, 1.807) is 18.9 Å². The van der Waals surface area contributed by atoms with Crippen LogP contribution in [0.2, 0.25) is 0 Å². The standard InChI is InChI=1S/C16H24N2O2S.ClH/c1-3-9-18(13-7-8-17-11-13)16(19)12-21-15-6-4-5-14(10-15)20-2;/h4-6,10,13,17H,3,7-9,11-12H2,1-2H3;1H. The van der Waals surface area contributed by atoms with Crippen molar-refractivity contribution in [3.05, 3.63) is 24.3 Å². The zero-order chi connectivity index (χ0) is 15.1. The molecule has 0 aliphatic carbocycles. The molecule has 1 heterocycles. The molecule has 1 aromatic rings. The third kappa shape index (κ3) is 5.38. The van der Waals surface area contributed by atoms with Crippen LogP contribution in [0, 0.1) is 0 Å². The molecule has 1 unspecified atom stereocenters. The van der Waals surface area contributed by atoms with Crippen LogP contribution in [0.4, 0.5) is 0 Å². The number of halogens is 1. The van der Waals surface area contributed by atoms with E-state index in [0.717, 1.165) is 43.1 Å². The van der Waals surface area contributed by atoms with E-state index >= 15 is 0 Å². The molecule has 1 saturated heterocycles. The number of rotatable bonds is 7. The van der Waals surface area contributed by atoms with Gasteiger partial charge < -0.3 is 15.0 Å². The Morgan fingerprint density at radius 3 is 2.95 bits per heavy atom. The number of hydrogen-bond acceptors (Lipinski definition) is 4. The maximum Gasteiger partial charge on any atom is 0.233 e. The molecule has 1 aliphatic heterocycles. The normalized spacial score (nSPS) is 16.9. The summed E-state index contributed by atoms with van der Waals surface area (Å²) in [6.45, 7) is 4.92. The number of amides is 1. The third-order valence-corrected chi connectivity index (χ3v) is 4.64. The van der Waals surface area contributed by atoms with Crippen LogP contribution < -0.4 is 10.1 Å². The van der Waals surface area contributed by atoms with Gasteiger partial charge in [0.2, 0.25) is 5.91 Å². The minimum Gasteiger partial charge on any atom is -0.497 e. The molecule has 1 aliphatic rings. The fourth-order valence-corrected chi connectivity index (χ4v) is 3.41. The van der Waals surface area contributed by atoms with Crippen molar-refractivity contribution in [3.63, 3.8) is 0 Å². The lowest BCUT2D eigenvalue weighted by atomic mass is 10.2. The molecule has 0 saturated carbocycles. The Kier molecular flexibility index (Phi) is 8.68. The number of benzene rings is 1. The first kappa shape index (κ1) is 19.1. The van der Waals surface area contributed by atoms with E-state index in [-0.39, 0.29) is 18.3 Å². The van der Waals surface area contributed by atoms with Crippen molar-refractivity contribution in [1.82, 2.24) is 10.2 Å². The number of nitrogens with one attached hydrogen (secondary N) is 1. The second-order valence-electron chi connectivity index (χ2n) is 5.20. The predicted molar refractivity (Wildman–Crippen MR) is 94.2 cm³/mol. The number of carbonyl (C=O) groups is 1. The topological polar surface area (TPSA) is 41.6 Å². The van der Waals surface area contributed by atoms with E-state index < -0.39 is 0 Å². The Labute approximate surface area is 143 Å². The Bertz CT molecular complexity index is 467. The van der Waals surface area contributed by atoms with Gasteiger partial charge in [-0.25, -0.2) is 0 Å². The van der Waals surface area contributed by atoms with Crippen molar-refractivity contribution in [2.24, 2.45) is 0 Å². The highest BCUT2D eigenvalue weighted by Crippen LogP contribution is 2.23. The quantitative estimate of drug-likeness (QED) is 0.772. The second-order valence-corrected chi connectivity index (χ2v) is 6.25. The molecule has 124 valence electrons. The van der Waals surface area contributed by atoms with Gasteiger partial charge in [-0.2, -0.15) is 0 Å². The highest BCUT2D eigenvalue weighted by molar-refractivity contribution is 8.00. The number of nitrogens with zero attached hydrogens (tertiary/aromatic N) is 1. The van der Waals surface area contributed by atoms with E-state index in [1.165, 1.54) is 0 Å². The zero-order valence-corrected chi connectivity index (χ0v) is 14.8. The first-order valence-corrected chi connectivity index (χ1v) is 8.50. The molecule has 1 fully saturated rings. The maximum absolute atomic E-state index is 12.5. The Morgan fingerprint density at radius 2 is 2.32 bits per heavy atom. The SMILES string of the molecule is CCCN(C(=O)CSc1cccc(OC)c1)C1CCNC1.Cl. The van der Waals surface area contributed by atoms with Crippen molar-refractivity contribution in [2.75, 3.05) is 32.5 Å². The maximum atomic E-state index is 12.5. The highest BCUT2D eigenvalue weighted by atomic mass is 35.5. The van der Waals surface area contributed by atoms with Crippen molar-refractivity contribution in [1.29, 1.82) is 0 Å². The molecule has 4 nitrogen and oxygen atoms in total. The van der Waals surface area contributed by atoms with E-state index in [4.69, 9.17) is 4.74 Å². The van der Waals surface area contributed by atoms with E-state index in [0.29, 0.717) is 11.8 Å². The van der Waals surface area contributed by atoms with Gasteiger partial charge in [0.05, 0.1) is 12.9 Å². The summed E-state index contributed by atoms with van der Waals surface area (Å²) in [7, 11) is 1.66. The number of ether oxygens (including phenoxy) is 1. The molecule has 1 amide bonds. The van der Waals surface area contributed by atoms with Gasteiger partial charge >= 0.3 is 0 Å². The van der Waals surface area contributed by atoms with Gasteiger partial charge in [-0.05, 0) is 37.6 Å². The first-order valence-electron chi connectivity index (χ1n) is 7.51. The van der Waals surface area contributed by atoms with Crippen LogP contribution in [0.15, 0.2) is 29.2 Å². The molecule has 6 heteroatoms. The van der Waals surface area contributed by atoms with Crippen molar-refractivity contribution in [2.45, 2.75) is 30.7 Å². The molecule has 1 N–H and O–H groups in total. The zero-order valence-electron chi connectivity index (χ0n) is 13.2. The smallest absolute Gasteiger partial charge is 0.233 e. The lowest BCUT2D eigenvalue weighted by molar-refractivity contribution is -0.130. The molecule has 1 atom stereocenters. The van der Waals surface area contributed by atoms with Gasteiger partial charge in [0.25, 0.3) is 0 Å². The van der Waals surface area contributed by atoms with Gasteiger partial charge in [0, 0.05) is 24.0 Å². The van der Waals surface area contributed by atoms with Crippen molar-refractivity contribution >= 4 is 30.1 Å². The lowest BCUT2D eigenvalue weighted by Gasteiger charge is -2.28. The number of hydrogen-bond donors (Lipinski definition) is 1. The van der Waals surface area contributed by atoms with E-state index in [1.807, 2.05) is 29.2 Å². The third-order valence-electron chi connectivity index (χ3n) is 3.66. The monoisotopic (exact) mass is 344 g/mol. The predicted octanol–water partition coefficient (Wildman–Crippen LogP) is 2.81. The van der Waals surface area contributed by atoms with Gasteiger partial charge in [0.15, 0.2) is 0 Å². The van der Waals surface area contributed by atoms with Gasteiger partial charge in [0.1, 0.15) is 5.75 Å². The first-order chi connectivity index (χ1) is 10.2. The summed E-state index contributed by atoms with van der Waals surface area (Å²) < 4.78 is 5.21. The molecule has 0 radical (unpaired) electrons. The van der Waals surface area contributed by atoms with E-state index in [9.17, 15) is 4.79 Å². The van der Waals surface area contributed by atoms with Crippen LogP contribution in [0.5, 0.6) is 5.75 Å². The molecule has 1 aromatic carbocycles. The van der Waals surface area contributed by atoms with Crippen LogP contribution >= 0.6 is 24.2 Å². The lowest BCUT2D eigenvalue weighted by Crippen LogP contribution is -2.43. The minimum atomic E-state index is 0. The second kappa shape index (κ2) is 9.98. The molecule has 0 aromatic heterocycles. The average molecular weight is 345 g/mol. The van der Waals surface area contributed by atoms with E-state index in [2.05, 4.69) is 12.2 Å². The molecular formula is C16H25ClN2O2S. The van der Waals surface area contributed by atoms with Crippen LogP contribution in [-0.2, 0) is 4.79 Å². The van der Waals surface area contributed by atoms with Crippen LogP contribution in [0.1, 0.15) is 19.8 Å². The Morgan fingerprint density at radius 1 is 1.50 bits per heavy atom. The Balaban J connectivity index is 0.00000242. The number of carbonyl (C=O) groups excluding carboxylic acids is 1. The van der Waals surface area contributed by atoms with Crippen molar-refractivity contribution < 1.29 is 9.53 Å². The summed E-state index contributed by atoms with van der Waals surface area (Å²) in [5.74, 6) is 1.56. The average Bonchev–Trinajstić information content (AvgIpc) is 3.04. The highest BCUT2D eigenvalue weighted by Gasteiger charge is 2.25. The molecular weight excluding hydrogens is 320 g/mol. The fourth-order valence-electron chi connectivity index (χ4n) is 2.58. The largest absolute Gasteiger partial charge is 0.497 e. The van der Waals surface area contributed by atoms with Crippen LogP contribution in [0.25, 0.3) is 0 Å².